The first-order valence-electron chi connectivity index (χ1n) is 8.32. The van der Waals surface area contributed by atoms with Crippen LogP contribution in [-0.2, 0) is 20.9 Å². The Kier molecular flexibility index (Phi) is 5.08. The van der Waals surface area contributed by atoms with Gasteiger partial charge in [-0.05, 0) is 48.7 Å². The Bertz CT molecular complexity index is 983. The summed E-state index contributed by atoms with van der Waals surface area (Å²) in [6, 6.07) is 12.3. The van der Waals surface area contributed by atoms with Crippen LogP contribution < -0.4 is 10.6 Å². The molecule has 2 N–H and O–H groups in total. The van der Waals surface area contributed by atoms with Crippen molar-refractivity contribution in [1.82, 2.24) is 0 Å². The average molecular weight is 371 g/mol. The van der Waals surface area contributed by atoms with Crippen LogP contribution in [0.15, 0.2) is 46.8 Å². The highest BCUT2D eigenvalue weighted by Crippen LogP contribution is 2.27. The van der Waals surface area contributed by atoms with Crippen molar-refractivity contribution in [3.05, 3.63) is 53.6 Å². The third kappa shape index (κ3) is 4.49. The summed E-state index contributed by atoms with van der Waals surface area (Å²) in [6.07, 6.45) is 5.11. The normalized spacial score (nSPS) is 14.0. The number of nitrogens with one attached hydrogen (secondary N) is 2. The Morgan fingerprint density at radius 2 is 1.92 bits per heavy atom. The summed E-state index contributed by atoms with van der Waals surface area (Å²) in [5.74, 6) is -0.301. The molecule has 0 saturated heterocycles. The first-order valence-corrected chi connectivity index (χ1v) is 10.7. The number of carbonyl (C=O) groups is 2. The number of benzene rings is 2. The molecule has 2 aromatic carbocycles. The number of amides is 2. The molecule has 0 radical (unpaired) electrons. The van der Waals surface area contributed by atoms with E-state index in [0.717, 1.165) is 24.1 Å². The van der Waals surface area contributed by atoms with Crippen LogP contribution in [0.2, 0.25) is 0 Å². The van der Waals surface area contributed by atoms with Gasteiger partial charge >= 0.3 is 0 Å². The van der Waals surface area contributed by atoms with Gasteiger partial charge in [0.05, 0.1) is 11.3 Å². The quantitative estimate of drug-likeness (QED) is 0.864. The van der Waals surface area contributed by atoms with Crippen LogP contribution in [0.3, 0.4) is 0 Å². The van der Waals surface area contributed by atoms with Gasteiger partial charge in [0.2, 0.25) is 5.91 Å². The van der Waals surface area contributed by atoms with Crippen LogP contribution in [0.5, 0.6) is 0 Å². The molecule has 1 aliphatic rings. The van der Waals surface area contributed by atoms with Gasteiger partial charge in [-0.3, -0.25) is 9.59 Å². The number of rotatable bonds is 3. The van der Waals surface area contributed by atoms with Crippen molar-refractivity contribution in [2.45, 2.75) is 19.3 Å². The molecule has 0 saturated carbocycles. The highest BCUT2D eigenvalue weighted by atomic mass is 32.2. The molecule has 0 spiro atoms. The van der Waals surface area contributed by atoms with Crippen LogP contribution in [0.4, 0.5) is 17.1 Å². The molecule has 0 unspecified atom stereocenters. The lowest BCUT2D eigenvalue weighted by atomic mass is 10.1. The van der Waals surface area contributed by atoms with Gasteiger partial charge in [0.25, 0.3) is 5.91 Å². The number of hydrogen-bond donors (Lipinski definition) is 2. The van der Waals surface area contributed by atoms with Crippen molar-refractivity contribution in [2.24, 2.45) is 4.36 Å². The van der Waals surface area contributed by atoms with Crippen molar-refractivity contribution in [3.63, 3.8) is 0 Å². The summed E-state index contributed by atoms with van der Waals surface area (Å²) in [6.45, 7) is 0. The molecule has 7 heteroatoms. The maximum atomic E-state index is 12.7. The number of aryl methyl sites for hydroxylation is 1. The lowest BCUT2D eigenvalue weighted by molar-refractivity contribution is -0.116. The summed E-state index contributed by atoms with van der Waals surface area (Å²) in [4.78, 5) is 24.3. The van der Waals surface area contributed by atoms with Crippen molar-refractivity contribution in [2.75, 3.05) is 23.1 Å². The van der Waals surface area contributed by atoms with Crippen LogP contribution in [-0.4, -0.2) is 28.5 Å². The smallest absolute Gasteiger partial charge is 0.257 e. The number of carbonyl (C=O) groups excluding carboxylic acids is 2. The zero-order valence-electron chi connectivity index (χ0n) is 14.7. The van der Waals surface area contributed by atoms with E-state index in [4.69, 9.17) is 0 Å². The molecule has 3 rings (SSSR count). The molecule has 0 atom stereocenters. The lowest BCUT2D eigenvalue weighted by Gasteiger charge is -2.11. The minimum atomic E-state index is -2.37. The maximum absolute atomic E-state index is 12.7. The van der Waals surface area contributed by atoms with Gasteiger partial charge < -0.3 is 10.6 Å². The van der Waals surface area contributed by atoms with E-state index in [2.05, 4.69) is 15.0 Å². The third-order valence-electron chi connectivity index (χ3n) is 3.95. The number of hydrogen-bond acceptors (Lipinski definition) is 4. The summed E-state index contributed by atoms with van der Waals surface area (Å²) >= 11 is 0. The second kappa shape index (κ2) is 7.29. The molecular weight excluding hydrogens is 350 g/mol. The standard InChI is InChI=1S/C19H21N3O3S/c1-26(2,25)22-17-8-4-3-7-15(17)19(24)20-14-10-11-16-13(12-14)6-5-9-18(23)21-16/h3-4,7-8,10-12H,5-6,9H2,1-2H3,(H,20,24)(H,21,23). The topological polar surface area (TPSA) is 87.6 Å². The van der Waals surface area contributed by atoms with E-state index in [1.807, 2.05) is 6.07 Å². The van der Waals surface area contributed by atoms with Crippen molar-refractivity contribution in [3.8, 4) is 0 Å². The first kappa shape index (κ1) is 18.1. The molecule has 0 bridgehead atoms. The van der Waals surface area contributed by atoms with E-state index in [1.54, 1.807) is 36.4 Å². The fourth-order valence-electron chi connectivity index (χ4n) is 2.83. The predicted molar refractivity (Wildman–Crippen MR) is 104 cm³/mol. The Morgan fingerprint density at radius 1 is 1.15 bits per heavy atom. The number of fused-ring (bicyclic) bond motifs is 1. The molecule has 2 amide bonds. The Labute approximate surface area is 153 Å². The first-order chi connectivity index (χ1) is 12.3. The second-order valence-electron chi connectivity index (χ2n) is 6.52. The molecule has 2 aromatic rings. The van der Waals surface area contributed by atoms with Crippen molar-refractivity contribution < 1.29 is 13.8 Å². The molecular formula is C19H21N3O3S. The fourth-order valence-corrected chi connectivity index (χ4v) is 3.47. The number of nitrogens with zero attached hydrogens (tertiary/aromatic N) is 1. The molecule has 26 heavy (non-hydrogen) atoms. The fraction of sp³-hybridized carbons (Fsp3) is 0.263. The second-order valence-corrected chi connectivity index (χ2v) is 9.06. The van der Waals surface area contributed by atoms with Gasteiger partial charge in [0.15, 0.2) is 0 Å². The average Bonchev–Trinajstić information content (AvgIpc) is 2.74. The third-order valence-corrected chi connectivity index (χ3v) is 4.59. The highest BCUT2D eigenvalue weighted by molar-refractivity contribution is 7.92. The zero-order valence-corrected chi connectivity index (χ0v) is 15.6. The highest BCUT2D eigenvalue weighted by Gasteiger charge is 2.15. The van der Waals surface area contributed by atoms with E-state index < -0.39 is 9.73 Å². The Hall–Kier alpha value is -2.67. The Morgan fingerprint density at radius 3 is 2.69 bits per heavy atom. The van der Waals surface area contributed by atoms with Crippen molar-refractivity contribution in [1.29, 1.82) is 0 Å². The van der Waals surface area contributed by atoms with Gasteiger partial charge in [0.1, 0.15) is 0 Å². The summed E-state index contributed by atoms with van der Waals surface area (Å²) in [5, 5.41) is 5.73. The summed E-state index contributed by atoms with van der Waals surface area (Å²) < 4.78 is 16.1. The molecule has 0 aliphatic carbocycles. The minimum Gasteiger partial charge on any atom is -0.326 e. The van der Waals surface area contributed by atoms with Crippen LogP contribution in [0.1, 0.15) is 28.8 Å². The SMILES string of the molecule is CS(C)(=O)=Nc1ccccc1C(=O)Nc1ccc2c(c1)CCCC(=O)N2. The van der Waals surface area contributed by atoms with Crippen LogP contribution >= 0.6 is 0 Å². The summed E-state index contributed by atoms with van der Waals surface area (Å²) in [5.41, 5.74) is 3.21. The van der Waals surface area contributed by atoms with Crippen LogP contribution in [0.25, 0.3) is 0 Å². The summed E-state index contributed by atoms with van der Waals surface area (Å²) in [7, 11) is -2.37. The van der Waals surface area contributed by atoms with E-state index in [-0.39, 0.29) is 11.8 Å². The van der Waals surface area contributed by atoms with Crippen molar-refractivity contribution >= 4 is 38.6 Å². The van der Waals surface area contributed by atoms with E-state index in [9.17, 15) is 13.8 Å². The number of anilines is 2. The molecule has 6 nitrogen and oxygen atoms in total. The van der Waals surface area contributed by atoms with Gasteiger partial charge in [-0.2, -0.15) is 4.36 Å². The molecule has 136 valence electrons. The monoisotopic (exact) mass is 371 g/mol. The predicted octanol–water partition coefficient (Wildman–Crippen LogP) is 3.57. The lowest BCUT2D eigenvalue weighted by Crippen LogP contribution is -2.13. The molecule has 1 heterocycles. The van der Waals surface area contributed by atoms with E-state index in [1.165, 1.54) is 12.5 Å². The van der Waals surface area contributed by atoms with E-state index in [0.29, 0.717) is 23.4 Å². The molecule has 0 aromatic heterocycles. The van der Waals surface area contributed by atoms with E-state index >= 15 is 0 Å². The minimum absolute atomic E-state index is 0.0128. The van der Waals surface area contributed by atoms with Gasteiger partial charge in [-0.15, -0.1) is 0 Å². The largest absolute Gasteiger partial charge is 0.326 e. The molecule has 0 fully saturated rings. The zero-order chi connectivity index (χ0) is 18.7. The maximum Gasteiger partial charge on any atom is 0.257 e. The van der Waals surface area contributed by atoms with Gasteiger partial charge in [-0.25, -0.2) is 4.21 Å². The van der Waals surface area contributed by atoms with Crippen LogP contribution in [0, 0.1) is 0 Å². The van der Waals surface area contributed by atoms with Gasteiger partial charge in [-0.1, -0.05) is 12.1 Å². The molecule has 1 aliphatic heterocycles. The Balaban J connectivity index is 1.87. The van der Waals surface area contributed by atoms with Gasteiger partial charge in [0, 0.05) is 40.0 Å².